The van der Waals surface area contributed by atoms with Crippen LogP contribution in [0.3, 0.4) is 0 Å². The molecule has 0 saturated carbocycles. The topological polar surface area (TPSA) is 205 Å². The number of imidazole rings is 1. The summed E-state index contributed by atoms with van der Waals surface area (Å²) >= 11 is 0. The maximum atomic E-state index is 13.2. The number of carboxylic acids is 1. The Labute approximate surface area is 203 Å². The molecule has 0 spiro atoms. The van der Waals surface area contributed by atoms with Gasteiger partial charge in [0.1, 0.15) is 18.6 Å². The molecule has 3 atom stereocenters. The van der Waals surface area contributed by atoms with E-state index < -0.39 is 48.4 Å². The van der Waals surface area contributed by atoms with Crippen LogP contribution in [0.2, 0.25) is 0 Å². The molecule has 0 aliphatic rings. The summed E-state index contributed by atoms with van der Waals surface area (Å²) in [7, 11) is 0. The van der Waals surface area contributed by atoms with E-state index in [4.69, 9.17) is 16.6 Å². The van der Waals surface area contributed by atoms with Crippen molar-refractivity contribution in [3.05, 3.63) is 54.1 Å². The van der Waals surface area contributed by atoms with Crippen molar-refractivity contribution in [1.82, 2.24) is 25.9 Å². The fourth-order valence-electron chi connectivity index (χ4n) is 3.38. The number of carbonyl (C=O) groups excluding carboxylic acids is 3. The van der Waals surface area contributed by atoms with E-state index in [0.29, 0.717) is 25.1 Å². The molecule has 0 fully saturated rings. The second-order valence-electron chi connectivity index (χ2n) is 8.10. The van der Waals surface area contributed by atoms with Crippen molar-refractivity contribution in [2.45, 2.75) is 50.2 Å². The van der Waals surface area contributed by atoms with Gasteiger partial charge in [0.15, 0.2) is 0 Å². The van der Waals surface area contributed by atoms with Gasteiger partial charge in [-0.2, -0.15) is 0 Å². The molecular weight excluding hydrogens is 454 g/mol. The molecule has 1 aromatic heterocycles. The number of rotatable bonds is 15. The average Bonchev–Trinajstić information content (AvgIpc) is 3.35. The minimum atomic E-state index is -1.20. The zero-order valence-corrected chi connectivity index (χ0v) is 19.4. The number of hydrogen-bond donors (Lipinski definition) is 7. The van der Waals surface area contributed by atoms with Crippen molar-refractivity contribution in [1.29, 1.82) is 0 Å². The SMILES string of the molecule is NCCCCC(NC(=O)C(Cc1ccccc1)NC(=O)C(N)Cc1cnc[nH]1)C(=O)NCC(=O)O. The number of carbonyl (C=O) groups is 4. The summed E-state index contributed by atoms with van der Waals surface area (Å²) in [4.78, 5) is 56.1. The monoisotopic (exact) mass is 487 g/mol. The summed E-state index contributed by atoms with van der Waals surface area (Å²) in [6.45, 7) is -0.160. The molecule has 1 heterocycles. The predicted octanol–water partition coefficient (Wildman–Crippen LogP) is -1.18. The zero-order chi connectivity index (χ0) is 25.6. The normalized spacial score (nSPS) is 13.3. The molecule has 3 unspecified atom stereocenters. The summed E-state index contributed by atoms with van der Waals surface area (Å²) in [5, 5.41) is 16.5. The van der Waals surface area contributed by atoms with Gasteiger partial charge in [0.05, 0.1) is 12.4 Å². The van der Waals surface area contributed by atoms with Crippen LogP contribution in [0.4, 0.5) is 0 Å². The first-order valence-electron chi connectivity index (χ1n) is 11.4. The minimum absolute atomic E-state index is 0.168. The van der Waals surface area contributed by atoms with Gasteiger partial charge in [-0.05, 0) is 31.4 Å². The maximum Gasteiger partial charge on any atom is 0.322 e. The number of carboxylic acid groups (broad SMARTS) is 1. The lowest BCUT2D eigenvalue weighted by molar-refractivity contribution is -0.138. The van der Waals surface area contributed by atoms with E-state index in [0.717, 1.165) is 5.56 Å². The van der Waals surface area contributed by atoms with Gasteiger partial charge in [0, 0.05) is 24.7 Å². The van der Waals surface area contributed by atoms with Crippen molar-refractivity contribution >= 4 is 23.7 Å². The highest BCUT2D eigenvalue weighted by Gasteiger charge is 2.28. The standard InChI is InChI=1S/C23H33N7O5/c24-9-5-4-8-18(22(34)27-13-20(31)32)29-23(35)19(10-15-6-2-1-3-7-15)30-21(33)17(25)11-16-12-26-14-28-16/h1-3,6-7,12,14,17-19H,4-5,8-11,13,24-25H2,(H,26,28)(H,27,34)(H,29,35)(H,30,33)(H,31,32). The number of hydrogen-bond acceptors (Lipinski definition) is 7. The molecule has 0 aliphatic heterocycles. The highest BCUT2D eigenvalue weighted by Crippen LogP contribution is 2.07. The molecule has 3 amide bonds. The van der Waals surface area contributed by atoms with Gasteiger partial charge in [-0.3, -0.25) is 19.2 Å². The number of nitrogens with zero attached hydrogens (tertiary/aromatic N) is 1. The molecule has 0 bridgehead atoms. The molecule has 0 saturated heterocycles. The summed E-state index contributed by atoms with van der Waals surface area (Å²) in [6, 6.07) is 6.16. The number of aliphatic carboxylic acids is 1. The van der Waals surface area contributed by atoms with Crippen LogP contribution in [-0.4, -0.2) is 70.0 Å². The molecular formula is C23H33N7O5. The van der Waals surface area contributed by atoms with Gasteiger partial charge in [-0.1, -0.05) is 30.3 Å². The molecule has 1 aromatic carbocycles. The molecule has 0 aliphatic carbocycles. The number of H-pyrrole nitrogens is 1. The Balaban J connectivity index is 2.13. The van der Waals surface area contributed by atoms with Crippen LogP contribution in [0.15, 0.2) is 42.9 Å². The van der Waals surface area contributed by atoms with E-state index in [9.17, 15) is 19.2 Å². The van der Waals surface area contributed by atoms with Crippen molar-refractivity contribution in [3.8, 4) is 0 Å². The van der Waals surface area contributed by atoms with E-state index >= 15 is 0 Å². The Bertz CT molecular complexity index is 952. The molecule has 12 nitrogen and oxygen atoms in total. The van der Waals surface area contributed by atoms with Crippen LogP contribution in [0.5, 0.6) is 0 Å². The first-order valence-corrected chi connectivity index (χ1v) is 11.4. The van der Waals surface area contributed by atoms with Crippen LogP contribution < -0.4 is 27.4 Å². The van der Waals surface area contributed by atoms with E-state index in [1.807, 2.05) is 30.3 Å². The number of aromatic amines is 1. The first-order chi connectivity index (χ1) is 16.8. The number of aromatic nitrogens is 2. The summed E-state index contributed by atoms with van der Waals surface area (Å²) in [5.74, 6) is -2.95. The Hall–Kier alpha value is -3.77. The number of nitrogens with one attached hydrogen (secondary N) is 4. The first kappa shape index (κ1) is 27.5. The maximum absolute atomic E-state index is 13.2. The number of unbranched alkanes of at least 4 members (excludes halogenated alkanes) is 1. The van der Waals surface area contributed by atoms with E-state index in [1.54, 1.807) is 6.20 Å². The average molecular weight is 488 g/mol. The van der Waals surface area contributed by atoms with Gasteiger partial charge >= 0.3 is 5.97 Å². The lowest BCUT2D eigenvalue weighted by Crippen LogP contribution is -2.56. The van der Waals surface area contributed by atoms with E-state index in [1.165, 1.54) is 6.33 Å². The summed E-state index contributed by atoms with van der Waals surface area (Å²) < 4.78 is 0. The zero-order valence-electron chi connectivity index (χ0n) is 19.4. The summed E-state index contributed by atoms with van der Waals surface area (Å²) in [6.07, 6.45) is 4.85. The van der Waals surface area contributed by atoms with Crippen molar-refractivity contribution in [2.75, 3.05) is 13.1 Å². The third-order valence-electron chi connectivity index (χ3n) is 5.24. The third-order valence-corrected chi connectivity index (χ3v) is 5.24. The third kappa shape index (κ3) is 9.94. The molecule has 12 heteroatoms. The van der Waals surface area contributed by atoms with Gasteiger partial charge in [-0.25, -0.2) is 4.98 Å². The van der Waals surface area contributed by atoms with Crippen molar-refractivity contribution < 1.29 is 24.3 Å². The predicted molar refractivity (Wildman–Crippen MR) is 128 cm³/mol. The van der Waals surface area contributed by atoms with E-state index in [-0.39, 0.29) is 19.3 Å². The number of nitrogens with two attached hydrogens (primary N) is 2. The molecule has 35 heavy (non-hydrogen) atoms. The van der Waals surface area contributed by atoms with Gasteiger partial charge < -0.3 is 37.5 Å². The lowest BCUT2D eigenvalue weighted by atomic mass is 10.0. The largest absolute Gasteiger partial charge is 0.480 e. The Kier molecular flexibility index (Phi) is 11.4. The molecule has 9 N–H and O–H groups in total. The minimum Gasteiger partial charge on any atom is -0.480 e. The Morgan fingerprint density at radius 1 is 0.971 bits per heavy atom. The Morgan fingerprint density at radius 3 is 2.31 bits per heavy atom. The molecule has 2 aromatic rings. The van der Waals surface area contributed by atoms with Crippen molar-refractivity contribution in [3.63, 3.8) is 0 Å². The molecule has 2 rings (SSSR count). The van der Waals surface area contributed by atoms with Crippen LogP contribution in [0.1, 0.15) is 30.5 Å². The smallest absolute Gasteiger partial charge is 0.322 e. The number of amides is 3. The van der Waals surface area contributed by atoms with Crippen LogP contribution in [-0.2, 0) is 32.0 Å². The Morgan fingerprint density at radius 2 is 1.69 bits per heavy atom. The van der Waals surface area contributed by atoms with Crippen molar-refractivity contribution in [2.24, 2.45) is 11.5 Å². The van der Waals surface area contributed by atoms with Gasteiger partial charge in [-0.15, -0.1) is 0 Å². The second kappa shape index (κ2) is 14.5. The van der Waals surface area contributed by atoms with Crippen LogP contribution in [0, 0.1) is 0 Å². The fraction of sp³-hybridized carbons (Fsp3) is 0.435. The fourth-order valence-corrected chi connectivity index (χ4v) is 3.38. The molecule has 0 radical (unpaired) electrons. The van der Waals surface area contributed by atoms with Gasteiger partial charge in [0.25, 0.3) is 0 Å². The van der Waals surface area contributed by atoms with Gasteiger partial charge in [0.2, 0.25) is 17.7 Å². The lowest BCUT2D eigenvalue weighted by Gasteiger charge is -2.24. The quantitative estimate of drug-likeness (QED) is 0.152. The molecule has 190 valence electrons. The second-order valence-corrected chi connectivity index (χ2v) is 8.10. The van der Waals surface area contributed by atoms with Crippen LogP contribution in [0.25, 0.3) is 0 Å². The highest BCUT2D eigenvalue weighted by atomic mass is 16.4. The summed E-state index contributed by atoms with van der Waals surface area (Å²) in [5.41, 5.74) is 13.0. The number of benzene rings is 1. The van der Waals surface area contributed by atoms with Crippen LogP contribution >= 0.6 is 0 Å². The highest BCUT2D eigenvalue weighted by molar-refractivity contribution is 5.93. The van der Waals surface area contributed by atoms with E-state index in [2.05, 4.69) is 25.9 Å².